The van der Waals surface area contributed by atoms with Gasteiger partial charge in [0.25, 0.3) is 0 Å². The van der Waals surface area contributed by atoms with Crippen molar-refractivity contribution in [3.63, 3.8) is 0 Å². The Morgan fingerprint density at radius 2 is 1.72 bits per heavy atom. The molecule has 3 aromatic rings. The average Bonchev–Trinajstić information content (AvgIpc) is 2.97. The third-order valence-corrected chi connectivity index (χ3v) is 4.45. The molecule has 128 valence electrons. The number of hydrogen-bond donors (Lipinski definition) is 3. The molecule has 0 saturated carbocycles. The predicted molar refractivity (Wildman–Crippen MR) is 94.9 cm³/mol. The van der Waals surface area contributed by atoms with Gasteiger partial charge in [-0.2, -0.15) is 0 Å². The van der Waals surface area contributed by atoms with Crippen molar-refractivity contribution in [3.05, 3.63) is 59.8 Å². The number of carbonyl (C=O) groups excluding carboxylic acids is 2. The second-order valence-corrected chi connectivity index (χ2v) is 6.17. The van der Waals surface area contributed by atoms with E-state index in [4.69, 9.17) is 0 Å². The topological polar surface area (TPSA) is 90.4 Å². The van der Waals surface area contributed by atoms with E-state index in [0.29, 0.717) is 6.42 Å². The highest BCUT2D eigenvalue weighted by Crippen LogP contribution is 2.30. The molecule has 1 heterocycles. The number of fused-ring (bicyclic) bond motifs is 1. The lowest BCUT2D eigenvalue weighted by atomic mass is 9.89. The van der Waals surface area contributed by atoms with Crippen molar-refractivity contribution in [1.29, 1.82) is 0 Å². The molecule has 5 heteroatoms. The zero-order valence-electron chi connectivity index (χ0n) is 13.8. The fourth-order valence-electron chi connectivity index (χ4n) is 3.07. The summed E-state index contributed by atoms with van der Waals surface area (Å²) in [6.07, 6.45) is 2.20. The summed E-state index contributed by atoms with van der Waals surface area (Å²) in [5, 5.41) is 20.7. The van der Waals surface area contributed by atoms with Gasteiger partial charge in [0.15, 0.2) is 5.78 Å². The van der Waals surface area contributed by atoms with Crippen molar-refractivity contribution in [2.24, 2.45) is 5.92 Å². The lowest BCUT2D eigenvalue weighted by Gasteiger charge is -2.14. The standard InChI is InChI=1S/C20H19NO4/c1-12(22)13(9-14-11-21-16-6-3-2-5-15(14)16)10-19(25)20-17(23)7-4-8-18(20)24/h2-8,11,13,21,23-24H,9-10H2,1H3/t13-/m1/s1. The van der Waals surface area contributed by atoms with E-state index in [1.165, 1.54) is 25.1 Å². The van der Waals surface area contributed by atoms with Crippen molar-refractivity contribution in [2.45, 2.75) is 19.8 Å². The second-order valence-electron chi connectivity index (χ2n) is 6.17. The number of aromatic hydroxyl groups is 2. The molecule has 3 rings (SSSR count). The van der Waals surface area contributed by atoms with Crippen molar-refractivity contribution in [1.82, 2.24) is 4.98 Å². The number of ketones is 2. The molecule has 0 saturated heterocycles. The average molecular weight is 337 g/mol. The highest BCUT2D eigenvalue weighted by atomic mass is 16.3. The molecule has 0 fully saturated rings. The first kappa shape index (κ1) is 16.8. The number of hydrogen-bond acceptors (Lipinski definition) is 4. The number of phenols is 2. The van der Waals surface area contributed by atoms with E-state index in [0.717, 1.165) is 16.5 Å². The van der Waals surface area contributed by atoms with Crippen LogP contribution in [-0.2, 0) is 11.2 Å². The summed E-state index contributed by atoms with van der Waals surface area (Å²) in [7, 11) is 0. The molecule has 0 aliphatic rings. The summed E-state index contributed by atoms with van der Waals surface area (Å²) in [6, 6.07) is 11.9. The predicted octanol–water partition coefficient (Wildman–Crippen LogP) is 3.60. The molecular formula is C20H19NO4. The summed E-state index contributed by atoms with van der Waals surface area (Å²) in [5.41, 5.74) is 1.81. The minimum atomic E-state index is -0.522. The Hall–Kier alpha value is -3.08. The van der Waals surface area contributed by atoms with Gasteiger partial charge in [-0.25, -0.2) is 0 Å². The minimum Gasteiger partial charge on any atom is -0.507 e. The zero-order valence-corrected chi connectivity index (χ0v) is 13.8. The molecule has 0 amide bonds. The van der Waals surface area contributed by atoms with Gasteiger partial charge in [0.2, 0.25) is 0 Å². The van der Waals surface area contributed by atoms with E-state index >= 15 is 0 Å². The van der Waals surface area contributed by atoms with Crippen molar-refractivity contribution >= 4 is 22.5 Å². The molecule has 1 atom stereocenters. The number of phenolic OH excluding ortho intramolecular Hbond substituents is 2. The summed E-state index contributed by atoms with van der Waals surface area (Å²) in [5.74, 6) is -1.63. The molecule has 5 nitrogen and oxygen atoms in total. The van der Waals surface area contributed by atoms with Crippen LogP contribution in [0.25, 0.3) is 10.9 Å². The Labute approximate surface area is 144 Å². The number of aromatic nitrogens is 1. The Bertz CT molecular complexity index is 922. The fraction of sp³-hybridized carbons (Fsp3) is 0.200. The number of rotatable bonds is 6. The van der Waals surface area contributed by atoms with Gasteiger partial charge in [-0.3, -0.25) is 9.59 Å². The molecule has 25 heavy (non-hydrogen) atoms. The summed E-state index contributed by atoms with van der Waals surface area (Å²) < 4.78 is 0. The van der Waals surface area contributed by atoms with Crippen LogP contribution in [0.15, 0.2) is 48.7 Å². The van der Waals surface area contributed by atoms with Crippen LogP contribution in [0.1, 0.15) is 29.3 Å². The number of aromatic amines is 1. The molecule has 0 unspecified atom stereocenters. The van der Waals surface area contributed by atoms with Crippen molar-refractivity contribution in [3.8, 4) is 11.5 Å². The highest BCUT2D eigenvalue weighted by Gasteiger charge is 2.24. The molecule has 0 radical (unpaired) electrons. The van der Waals surface area contributed by atoms with Crippen LogP contribution >= 0.6 is 0 Å². The number of H-pyrrole nitrogens is 1. The van der Waals surface area contributed by atoms with Gasteiger partial charge in [0.1, 0.15) is 22.8 Å². The molecule has 0 aliphatic carbocycles. The number of nitrogens with one attached hydrogen (secondary N) is 1. The summed E-state index contributed by atoms with van der Waals surface area (Å²) in [4.78, 5) is 27.7. The van der Waals surface area contributed by atoms with Crippen LogP contribution in [0.4, 0.5) is 0 Å². The van der Waals surface area contributed by atoms with Crippen LogP contribution in [0.2, 0.25) is 0 Å². The number of benzene rings is 2. The SMILES string of the molecule is CC(=O)[C@@H](CC(=O)c1c(O)cccc1O)Cc1c[nH]c2ccccc12. The monoisotopic (exact) mass is 337 g/mol. The molecule has 2 aromatic carbocycles. The van der Waals surface area contributed by atoms with Crippen molar-refractivity contribution < 1.29 is 19.8 Å². The Morgan fingerprint density at radius 1 is 1.04 bits per heavy atom. The first-order valence-electron chi connectivity index (χ1n) is 8.07. The zero-order chi connectivity index (χ0) is 18.0. The van der Waals surface area contributed by atoms with E-state index in [1.54, 1.807) is 0 Å². The third kappa shape index (κ3) is 3.40. The van der Waals surface area contributed by atoms with Crippen LogP contribution in [0, 0.1) is 5.92 Å². The maximum atomic E-state index is 12.5. The number of carbonyl (C=O) groups is 2. The maximum absolute atomic E-state index is 12.5. The van der Waals surface area contributed by atoms with E-state index in [-0.39, 0.29) is 29.3 Å². The fourth-order valence-corrected chi connectivity index (χ4v) is 3.07. The largest absolute Gasteiger partial charge is 0.507 e. The van der Waals surface area contributed by atoms with Crippen LogP contribution < -0.4 is 0 Å². The summed E-state index contributed by atoms with van der Waals surface area (Å²) in [6.45, 7) is 1.46. The molecule has 1 aromatic heterocycles. The van der Waals surface area contributed by atoms with Crippen molar-refractivity contribution in [2.75, 3.05) is 0 Å². The number of para-hydroxylation sites is 1. The summed E-state index contributed by atoms with van der Waals surface area (Å²) >= 11 is 0. The quantitative estimate of drug-likeness (QED) is 0.599. The Balaban J connectivity index is 1.85. The highest BCUT2D eigenvalue weighted by molar-refractivity contribution is 6.03. The van der Waals surface area contributed by atoms with Gasteiger partial charge in [0, 0.05) is 29.4 Å². The lowest BCUT2D eigenvalue weighted by molar-refractivity contribution is -0.120. The van der Waals surface area contributed by atoms with Crippen LogP contribution in [-0.4, -0.2) is 26.8 Å². The Morgan fingerprint density at radius 3 is 2.40 bits per heavy atom. The van der Waals surface area contributed by atoms with Crippen LogP contribution in [0.3, 0.4) is 0 Å². The van der Waals surface area contributed by atoms with E-state index in [9.17, 15) is 19.8 Å². The smallest absolute Gasteiger partial charge is 0.171 e. The van der Waals surface area contributed by atoms with Gasteiger partial charge in [-0.15, -0.1) is 0 Å². The first-order chi connectivity index (χ1) is 12.0. The van der Waals surface area contributed by atoms with Gasteiger partial charge in [-0.1, -0.05) is 24.3 Å². The van der Waals surface area contributed by atoms with Gasteiger partial charge < -0.3 is 15.2 Å². The van der Waals surface area contributed by atoms with Gasteiger partial charge in [0.05, 0.1) is 0 Å². The van der Waals surface area contributed by atoms with E-state index < -0.39 is 11.7 Å². The van der Waals surface area contributed by atoms with Gasteiger partial charge in [-0.05, 0) is 37.1 Å². The maximum Gasteiger partial charge on any atom is 0.171 e. The molecule has 0 spiro atoms. The molecule has 0 aliphatic heterocycles. The second kappa shape index (κ2) is 6.81. The Kier molecular flexibility index (Phi) is 4.57. The van der Waals surface area contributed by atoms with E-state index in [2.05, 4.69) is 4.98 Å². The normalized spacial score (nSPS) is 12.2. The van der Waals surface area contributed by atoms with Gasteiger partial charge >= 0.3 is 0 Å². The minimum absolute atomic E-state index is 0.0695. The number of Topliss-reactive ketones (excluding diaryl/α,β-unsaturated/α-hetero) is 2. The first-order valence-corrected chi connectivity index (χ1v) is 8.07. The third-order valence-electron chi connectivity index (χ3n) is 4.45. The molecular weight excluding hydrogens is 318 g/mol. The van der Waals surface area contributed by atoms with E-state index in [1.807, 2.05) is 30.5 Å². The van der Waals surface area contributed by atoms with Crippen LogP contribution in [0.5, 0.6) is 11.5 Å². The lowest BCUT2D eigenvalue weighted by Crippen LogP contribution is -2.18. The molecule has 3 N–H and O–H groups in total. The molecule has 0 bridgehead atoms.